The summed E-state index contributed by atoms with van der Waals surface area (Å²) in [5.74, 6) is 0. The van der Waals surface area contributed by atoms with Gasteiger partial charge in [0.05, 0.1) is 16.9 Å². The fourth-order valence-corrected chi connectivity index (χ4v) is 4.11. The van der Waals surface area contributed by atoms with Crippen LogP contribution in [0.15, 0.2) is 30.5 Å². The summed E-state index contributed by atoms with van der Waals surface area (Å²) in [5.41, 5.74) is 1.90. The Morgan fingerprint density at radius 1 is 1.18 bits per heavy atom. The molecule has 1 N–H and O–H groups in total. The summed E-state index contributed by atoms with van der Waals surface area (Å²) in [6.45, 7) is 0. The molecule has 1 aliphatic carbocycles. The van der Waals surface area contributed by atoms with Gasteiger partial charge < -0.3 is 5.32 Å². The highest BCUT2D eigenvalue weighted by molar-refractivity contribution is 7.20. The third kappa shape index (κ3) is 2.59. The van der Waals surface area contributed by atoms with E-state index in [0.29, 0.717) is 6.04 Å². The average molecular weight is 333 g/mol. The lowest BCUT2D eigenvalue weighted by molar-refractivity contribution is 0.462. The molecule has 2 aromatic heterocycles. The Bertz CT molecular complexity index is 788. The monoisotopic (exact) mass is 332 g/mol. The number of anilines is 1. The summed E-state index contributed by atoms with van der Waals surface area (Å²) in [7, 11) is 0. The number of rotatable bonds is 3. The van der Waals surface area contributed by atoms with E-state index < -0.39 is 0 Å². The van der Waals surface area contributed by atoms with Crippen LogP contribution in [-0.2, 0) is 0 Å². The molecule has 0 atom stereocenters. The zero-order chi connectivity index (χ0) is 14.9. The van der Waals surface area contributed by atoms with Crippen LogP contribution in [0.1, 0.15) is 32.1 Å². The number of hydrogen-bond donors (Lipinski definition) is 1. The first kappa shape index (κ1) is 14.0. The summed E-state index contributed by atoms with van der Waals surface area (Å²) in [5, 5.41) is 9.92. The van der Waals surface area contributed by atoms with Crippen LogP contribution in [0.2, 0.25) is 5.02 Å². The highest BCUT2D eigenvalue weighted by Crippen LogP contribution is 2.31. The molecule has 1 saturated carbocycles. The molecule has 1 aromatic carbocycles. The van der Waals surface area contributed by atoms with Crippen LogP contribution in [0.4, 0.5) is 5.13 Å². The van der Waals surface area contributed by atoms with Gasteiger partial charge in [-0.2, -0.15) is 0 Å². The summed E-state index contributed by atoms with van der Waals surface area (Å²) in [6.07, 6.45) is 8.29. The Balaban J connectivity index is 1.66. The van der Waals surface area contributed by atoms with Crippen LogP contribution in [0.25, 0.3) is 16.2 Å². The van der Waals surface area contributed by atoms with Crippen molar-refractivity contribution in [2.24, 2.45) is 0 Å². The molecule has 0 aliphatic heterocycles. The van der Waals surface area contributed by atoms with E-state index in [0.717, 1.165) is 26.4 Å². The molecule has 0 spiro atoms. The minimum absolute atomic E-state index is 0.549. The number of nitrogens with zero attached hydrogens (tertiary/aromatic N) is 3. The fraction of sp³-hybridized carbons (Fsp3) is 0.375. The topological polar surface area (TPSA) is 42.2 Å². The third-order valence-electron chi connectivity index (χ3n) is 4.17. The van der Waals surface area contributed by atoms with Gasteiger partial charge in [-0.05, 0) is 18.9 Å². The van der Waals surface area contributed by atoms with Crippen molar-refractivity contribution < 1.29 is 0 Å². The summed E-state index contributed by atoms with van der Waals surface area (Å²) in [4.78, 5) is 5.37. The van der Waals surface area contributed by atoms with Gasteiger partial charge in [0.1, 0.15) is 0 Å². The second-order valence-corrected chi connectivity index (χ2v) is 7.07. The standard InChI is InChI=1S/C16H17ClN4S/c17-13-9-5-4-8-12(13)14-10-18-16-21(14)20-15(22-16)19-11-6-2-1-3-7-11/h4-5,8-11H,1-3,6-7H2,(H,19,20). The molecule has 0 amide bonds. The van der Waals surface area contributed by atoms with Gasteiger partial charge in [-0.1, -0.05) is 60.4 Å². The largest absolute Gasteiger partial charge is 0.357 e. The van der Waals surface area contributed by atoms with Crippen LogP contribution in [-0.4, -0.2) is 20.6 Å². The van der Waals surface area contributed by atoms with Gasteiger partial charge >= 0.3 is 0 Å². The first-order valence-electron chi connectivity index (χ1n) is 7.67. The average Bonchev–Trinajstić information content (AvgIpc) is 3.09. The molecule has 1 aliphatic rings. The van der Waals surface area contributed by atoms with E-state index in [-0.39, 0.29) is 0 Å². The van der Waals surface area contributed by atoms with Gasteiger partial charge in [0.2, 0.25) is 10.1 Å². The van der Waals surface area contributed by atoms with E-state index in [9.17, 15) is 0 Å². The van der Waals surface area contributed by atoms with E-state index in [2.05, 4.69) is 15.4 Å². The van der Waals surface area contributed by atoms with Crippen molar-refractivity contribution in [2.75, 3.05) is 5.32 Å². The first-order chi connectivity index (χ1) is 10.8. The molecule has 22 heavy (non-hydrogen) atoms. The minimum Gasteiger partial charge on any atom is -0.357 e. The first-order valence-corrected chi connectivity index (χ1v) is 8.87. The van der Waals surface area contributed by atoms with Crippen LogP contribution >= 0.6 is 22.9 Å². The van der Waals surface area contributed by atoms with Crippen LogP contribution in [0.5, 0.6) is 0 Å². The quantitative estimate of drug-likeness (QED) is 0.745. The number of nitrogens with one attached hydrogen (secondary N) is 1. The SMILES string of the molecule is Clc1ccccc1-c1cnc2sc(NC3CCCCC3)nn12. The second-order valence-electron chi connectivity index (χ2n) is 5.70. The maximum absolute atomic E-state index is 6.30. The van der Waals surface area contributed by atoms with Gasteiger partial charge in [0, 0.05) is 11.6 Å². The lowest BCUT2D eigenvalue weighted by Crippen LogP contribution is -2.22. The van der Waals surface area contributed by atoms with Crippen molar-refractivity contribution >= 4 is 33.0 Å². The van der Waals surface area contributed by atoms with E-state index >= 15 is 0 Å². The van der Waals surface area contributed by atoms with Gasteiger partial charge in [-0.3, -0.25) is 0 Å². The fourth-order valence-electron chi connectivity index (χ4n) is 3.03. The molecule has 0 radical (unpaired) electrons. The summed E-state index contributed by atoms with van der Waals surface area (Å²) < 4.78 is 1.89. The van der Waals surface area contributed by atoms with E-state index in [1.54, 1.807) is 11.3 Å². The molecule has 0 bridgehead atoms. The Morgan fingerprint density at radius 3 is 2.82 bits per heavy atom. The van der Waals surface area contributed by atoms with Crippen LogP contribution < -0.4 is 5.32 Å². The van der Waals surface area contributed by atoms with Crippen molar-refractivity contribution in [3.8, 4) is 11.3 Å². The van der Waals surface area contributed by atoms with E-state index in [1.165, 1.54) is 32.1 Å². The van der Waals surface area contributed by atoms with Crippen molar-refractivity contribution in [3.05, 3.63) is 35.5 Å². The Kier molecular flexibility index (Phi) is 3.76. The summed E-state index contributed by atoms with van der Waals surface area (Å²) in [6, 6.07) is 8.35. The maximum atomic E-state index is 6.30. The predicted molar refractivity (Wildman–Crippen MR) is 91.8 cm³/mol. The van der Waals surface area contributed by atoms with Crippen molar-refractivity contribution in [3.63, 3.8) is 0 Å². The van der Waals surface area contributed by atoms with Crippen LogP contribution in [0.3, 0.4) is 0 Å². The molecule has 114 valence electrons. The molecule has 0 saturated heterocycles. The molecule has 6 heteroatoms. The molecule has 4 nitrogen and oxygen atoms in total. The molecule has 4 rings (SSSR count). The predicted octanol–water partition coefficient (Wildman–Crippen LogP) is 4.86. The number of halogens is 1. The third-order valence-corrected chi connectivity index (χ3v) is 5.35. The van der Waals surface area contributed by atoms with Crippen molar-refractivity contribution in [1.29, 1.82) is 0 Å². The minimum atomic E-state index is 0.549. The number of hydrogen-bond acceptors (Lipinski definition) is 4. The molecule has 0 unspecified atom stereocenters. The Labute approximate surface area is 138 Å². The number of fused-ring (bicyclic) bond motifs is 1. The summed E-state index contributed by atoms with van der Waals surface area (Å²) >= 11 is 7.90. The second kappa shape index (κ2) is 5.89. The van der Waals surface area contributed by atoms with Crippen molar-refractivity contribution in [1.82, 2.24) is 14.6 Å². The maximum Gasteiger partial charge on any atom is 0.214 e. The molecular formula is C16H17ClN4S. The van der Waals surface area contributed by atoms with E-state index in [1.807, 2.05) is 35.0 Å². The van der Waals surface area contributed by atoms with Crippen LogP contribution in [0, 0.1) is 0 Å². The van der Waals surface area contributed by atoms with Gasteiger partial charge in [0.15, 0.2) is 0 Å². The number of benzene rings is 1. The molecule has 2 heterocycles. The lowest BCUT2D eigenvalue weighted by Gasteiger charge is -2.21. The number of imidazole rings is 1. The molecule has 1 fully saturated rings. The zero-order valence-electron chi connectivity index (χ0n) is 12.1. The number of aromatic nitrogens is 3. The normalized spacial score (nSPS) is 16.2. The van der Waals surface area contributed by atoms with E-state index in [4.69, 9.17) is 11.6 Å². The smallest absolute Gasteiger partial charge is 0.214 e. The van der Waals surface area contributed by atoms with Crippen molar-refractivity contribution in [2.45, 2.75) is 38.1 Å². The Hall–Kier alpha value is -1.59. The molecule has 3 aromatic rings. The Morgan fingerprint density at radius 2 is 2.00 bits per heavy atom. The highest BCUT2D eigenvalue weighted by Gasteiger charge is 2.17. The van der Waals surface area contributed by atoms with Gasteiger partial charge in [0.25, 0.3) is 0 Å². The highest BCUT2D eigenvalue weighted by atomic mass is 35.5. The van der Waals surface area contributed by atoms with Gasteiger partial charge in [-0.15, -0.1) is 5.10 Å². The zero-order valence-corrected chi connectivity index (χ0v) is 13.7. The lowest BCUT2D eigenvalue weighted by atomic mass is 9.96. The molecular weight excluding hydrogens is 316 g/mol. The van der Waals surface area contributed by atoms with Gasteiger partial charge in [-0.25, -0.2) is 9.50 Å².